The lowest BCUT2D eigenvalue weighted by Gasteiger charge is -2.06. The topological polar surface area (TPSA) is 72.3 Å². The molecule has 0 radical (unpaired) electrons. The molecule has 0 fully saturated rings. The summed E-state index contributed by atoms with van der Waals surface area (Å²) in [7, 11) is 1.66. The number of hydrazone groups is 1. The van der Waals surface area contributed by atoms with Crippen LogP contribution in [0, 0.1) is 0 Å². The molecule has 0 bridgehead atoms. The van der Waals surface area contributed by atoms with Crippen LogP contribution in [-0.2, 0) is 9.53 Å². The summed E-state index contributed by atoms with van der Waals surface area (Å²) >= 11 is 1.56. The number of methoxy groups -OCH3 is 1. The van der Waals surface area contributed by atoms with Gasteiger partial charge in [0.2, 0.25) is 0 Å². The molecular weight excluding hydrogens is 362 g/mol. The van der Waals surface area contributed by atoms with Gasteiger partial charge in [-0.2, -0.15) is 5.10 Å². The zero-order valence-corrected chi connectivity index (χ0v) is 16.5. The van der Waals surface area contributed by atoms with Gasteiger partial charge in [0.25, 0.3) is 0 Å². The van der Waals surface area contributed by atoms with E-state index < -0.39 is 0 Å². The lowest BCUT2D eigenvalue weighted by Crippen LogP contribution is -2.16. The maximum absolute atomic E-state index is 11.6. The first-order chi connectivity index (χ1) is 13.1. The fourth-order valence-electron chi connectivity index (χ4n) is 2.77. The molecule has 1 aliphatic rings. The summed E-state index contributed by atoms with van der Waals surface area (Å²) in [6.07, 6.45) is 0.307. The zero-order chi connectivity index (χ0) is 19.2. The number of benzene rings is 2. The van der Waals surface area contributed by atoms with Crippen molar-refractivity contribution < 1.29 is 14.3 Å². The second kappa shape index (κ2) is 8.90. The van der Waals surface area contributed by atoms with Crippen LogP contribution in [0.2, 0.25) is 0 Å². The van der Waals surface area contributed by atoms with Crippen molar-refractivity contribution in [2.24, 2.45) is 10.1 Å². The first-order valence-corrected chi connectivity index (χ1v) is 9.82. The van der Waals surface area contributed by atoms with Crippen LogP contribution in [0.1, 0.15) is 25.8 Å². The number of nitrogens with zero attached hydrogens (tertiary/aromatic N) is 2. The third-order valence-electron chi connectivity index (χ3n) is 4.20. The van der Waals surface area contributed by atoms with Gasteiger partial charge in [0, 0.05) is 5.75 Å². The molecule has 0 aliphatic carbocycles. The van der Waals surface area contributed by atoms with Gasteiger partial charge in [-0.3, -0.25) is 15.2 Å². The number of esters is 1. The van der Waals surface area contributed by atoms with Gasteiger partial charge in [0.15, 0.2) is 5.17 Å². The minimum Gasteiger partial charge on any atom is -0.497 e. The van der Waals surface area contributed by atoms with E-state index in [-0.39, 0.29) is 12.0 Å². The number of hydrogen-bond donors (Lipinski definition) is 1. The Morgan fingerprint density at radius 3 is 2.89 bits per heavy atom. The molecule has 0 saturated heterocycles. The van der Waals surface area contributed by atoms with Gasteiger partial charge in [-0.1, -0.05) is 30.0 Å². The summed E-state index contributed by atoms with van der Waals surface area (Å²) in [5, 5.41) is 7.42. The van der Waals surface area contributed by atoms with Crippen molar-refractivity contribution in [2.45, 2.75) is 26.3 Å². The number of ether oxygens (including phenoxy) is 2. The first kappa shape index (κ1) is 19.2. The van der Waals surface area contributed by atoms with Crippen molar-refractivity contribution in [2.75, 3.05) is 19.5 Å². The van der Waals surface area contributed by atoms with E-state index in [4.69, 9.17) is 9.47 Å². The van der Waals surface area contributed by atoms with Crippen LogP contribution < -0.4 is 10.2 Å². The van der Waals surface area contributed by atoms with Crippen molar-refractivity contribution in [3.63, 3.8) is 0 Å². The number of rotatable bonds is 6. The third kappa shape index (κ3) is 5.01. The van der Waals surface area contributed by atoms with Crippen molar-refractivity contribution in [1.82, 2.24) is 5.43 Å². The average Bonchev–Trinajstić information content (AvgIpc) is 3.12. The molecule has 0 aromatic heterocycles. The van der Waals surface area contributed by atoms with Crippen LogP contribution in [0.15, 0.2) is 46.5 Å². The number of hydrogen-bond acceptors (Lipinski definition) is 7. The summed E-state index contributed by atoms with van der Waals surface area (Å²) in [6.45, 7) is 4.15. The van der Waals surface area contributed by atoms with Crippen LogP contribution in [0.5, 0.6) is 5.75 Å². The average molecular weight is 385 g/mol. The van der Waals surface area contributed by atoms with Crippen LogP contribution in [0.4, 0.5) is 0 Å². The van der Waals surface area contributed by atoms with E-state index >= 15 is 0 Å². The van der Waals surface area contributed by atoms with E-state index in [1.54, 1.807) is 25.8 Å². The Kier molecular flexibility index (Phi) is 6.34. The Morgan fingerprint density at radius 1 is 1.30 bits per heavy atom. The molecule has 7 heteroatoms. The van der Waals surface area contributed by atoms with Crippen LogP contribution >= 0.6 is 11.8 Å². The molecule has 3 rings (SSSR count). The summed E-state index contributed by atoms with van der Waals surface area (Å²) in [5.41, 5.74) is 4.89. The summed E-state index contributed by atoms with van der Waals surface area (Å²) in [5.74, 6) is 1.38. The SMILES string of the molecule is CCOC(=O)CC1CSC(N/N=C(\C)c2ccc3ccc(OC)cc3c2)=N1. The number of nitrogens with one attached hydrogen (secondary N) is 1. The van der Waals surface area contributed by atoms with Crippen molar-refractivity contribution >= 4 is 39.4 Å². The molecule has 1 aliphatic heterocycles. The number of thioether (sulfide) groups is 1. The molecule has 0 saturated carbocycles. The highest BCUT2D eigenvalue weighted by Crippen LogP contribution is 2.22. The number of aliphatic imine (C=N–C) groups is 1. The van der Waals surface area contributed by atoms with E-state index in [0.717, 1.165) is 38.7 Å². The van der Waals surface area contributed by atoms with Crippen molar-refractivity contribution in [3.8, 4) is 5.75 Å². The molecule has 2 aromatic rings. The molecule has 1 N–H and O–H groups in total. The van der Waals surface area contributed by atoms with Crippen LogP contribution in [0.3, 0.4) is 0 Å². The lowest BCUT2D eigenvalue weighted by atomic mass is 10.0. The summed E-state index contributed by atoms with van der Waals surface area (Å²) < 4.78 is 10.3. The first-order valence-electron chi connectivity index (χ1n) is 8.83. The Hall–Kier alpha value is -2.54. The Balaban J connectivity index is 1.67. The van der Waals surface area contributed by atoms with E-state index in [2.05, 4.69) is 27.7 Å². The fourth-order valence-corrected chi connectivity index (χ4v) is 3.64. The highest BCUT2D eigenvalue weighted by atomic mass is 32.2. The molecule has 0 amide bonds. The molecule has 1 atom stereocenters. The van der Waals surface area contributed by atoms with E-state index in [1.165, 1.54) is 0 Å². The minimum absolute atomic E-state index is 0.0554. The largest absolute Gasteiger partial charge is 0.497 e. The standard InChI is InChI=1S/C20H23N3O3S/c1-4-26-19(24)11-17-12-27-20(21-17)23-22-13(2)15-6-5-14-7-8-18(25-3)10-16(14)9-15/h5-10,17H,4,11-12H2,1-3H3,(H,21,23)/b22-13+. The molecule has 2 aromatic carbocycles. The number of fused-ring (bicyclic) bond motifs is 1. The number of carbonyl (C=O) groups is 1. The van der Waals surface area contributed by atoms with Crippen molar-refractivity contribution in [1.29, 1.82) is 0 Å². The molecule has 1 unspecified atom stereocenters. The second-order valence-corrected chi connectivity index (χ2v) is 7.15. The zero-order valence-electron chi connectivity index (χ0n) is 15.7. The molecule has 27 heavy (non-hydrogen) atoms. The third-order valence-corrected chi connectivity index (χ3v) is 5.23. The monoisotopic (exact) mass is 385 g/mol. The van der Waals surface area contributed by atoms with Gasteiger partial charge < -0.3 is 9.47 Å². The Bertz CT molecular complexity index is 895. The van der Waals surface area contributed by atoms with Gasteiger partial charge in [-0.25, -0.2) is 0 Å². The van der Waals surface area contributed by atoms with E-state index in [1.807, 2.05) is 31.2 Å². The van der Waals surface area contributed by atoms with E-state index in [9.17, 15) is 4.79 Å². The van der Waals surface area contributed by atoms with E-state index in [0.29, 0.717) is 13.0 Å². The summed E-state index contributed by atoms with van der Waals surface area (Å²) in [4.78, 5) is 16.0. The normalized spacial score (nSPS) is 16.9. The van der Waals surface area contributed by atoms with Crippen LogP contribution in [0.25, 0.3) is 10.8 Å². The van der Waals surface area contributed by atoms with Gasteiger partial charge in [-0.05, 0) is 48.4 Å². The Morgan fingerprint density at radius 2 is 2.11 bits per heavy atom. The number of amidine groups is 1. The lowest BCUT2D eigenvalue weighted by molar-refractivity contribution is -0.143. The quantitative estimate of drug-likeness (QED) is 0.467. The predicted molar refractivity (Wildman–Crippen MR) is 111 cm³/mol. The molecule has 142 valence electrons. The summed E-state index contributed by atoms with van der Waals surface area (Å²) in [6, 6.07) is 12.1. The molecule has 0 spiro atoms. The maximum atomic E-state index is 11.6. The van der Waals surface area contributed by atoms with Gasteiger partial charge in [0.1, 0.15) is 5.75 Å². The maximum Gasteiger partial charge on any atom is 0.307 e. The van der Waals surface area contributed by atoms with Gasteiger partial charge in [-0.15, -0.1) is 0 Å². The smallest absolute Gasteiger partial charge is 0.307 e. The minimum atomic E-state index is -0.209. The van der Waals surface area contributed by atoms with Crippen molar-refractivity contribution in [3.05, 3.63) is 42.0 Å². The number of carbonyl (C=O) groups excluding carboxylic acids is 1. The molecule has 1 heterocycles. The predicted octanol–water partition coefficient (Wildman–Crippen LogP) is 3.59. The van der Waals surface area contributed by atoms with Gasteiger partial charge >= 0.3 is 5.97 Å². The second-order valence-electron chi connectivity index (χ2n) is 6.15. The highest BCUT2D eigenvalue weighted by molar-refractivity contribution is 8.14. The highest BCUT2D eigenvalue weighted by Gasteiger charge is 2.21. The fraction of sp³-hybridized carbons (Fsp3) is 0.350. The molecule has 6 nitrogen and oxygen atoms in total. The Labute approximate surface area is 163 Å². The molecular formula is C20H23N3O3S. The van der Waals surface area contributed by atoms with Crippen LogP contribution in [-0.4, -0.2) is 42.4 Å². The van der Waals surface area contributed by atoms with Gasteiger partial charge in [0.05, 0.1) is 31.9 Å².